The number of nitrogens with one attached hydrogen (secondary N) is 2. The Labute approximate surface area is 288 Å². The summed E-state index contributed by atoms with van der Waals surface area (Å²) in [6, 6.07) is 34.0. The quantitative estimate of drug-likeness (QED) is 0.250. The summed E-state index contributed by atoms with van der Waals surface area (Å²) in [5.41, 5.74) is 0. The number of para-hydroxylation sites is 4. The molecule has 0 bridgehead atoms. The molecule has 0 unspecified atom stereocenters. The zero-order valence-corrected chi connectivity index (χ0v) is 26.5. The molecular weight excluding hydrogens is 761 g/mol. The van der Waals surface area contributed by atoms with Crippen molar-refractivity contribution < 1.29 is 66.7 Å². The number of benzene rings is 2. The third-order valence-corrected chi connectivity index (χ3v) is 4.87. The van der Waals surface area contributed by atoms with E-state index >= 15 is 0 Å². The van der Waals surface area contributed by atoms with Gasteiger partial charge < -0.3 is 36.5 Å². The normalized spacial score (nSPS) is 8.71. The zero-order chi connectivity index (χ0) is 29.8. The van der Waals surface area contributed by atoms with Crippen molar-refractivity contribution in [3.05, 3.63) is 146 Å². The number of hydrogen-bond acceptors (Lipinski definition) is 10. The van der Waals surface area contributed by atoms with Crippen LogP contribution in [0, 0.1) is 0 Å². The van der Waals surface area contributed by atoms with E-state index in [2.05, 4.69) is 30.6 Å². The molecular formula is C32H28N6O5Pd2. The summed E-state index contributed by atoms with van der Waals surface area (Å²) in [5.74, 6) is 1.48. The van der Waals surface area contributed by atoms with Crippen molar-refractivity contribution in [3.8, 4) is 23.0 Å². The van der Waals surface area contributed by atoms with Crippen molar-refractivity contribution in [2.75, 3.05) is 10.6 Å². The Morgan fingerprint density at radius 3 is 0.689 bits per heavy atom. The van der Waals surface area contributed by atoms with Gasteiger partial charge in [0, 0.05) is 24.8 Å². The SMILES string of the molecule is O.[O-]c1ccccc1[O-].[O-]c1ccccc1[O-].[Pd+2].[Pd+2].c1ccc(Nc2ccccn2)nc1.c1ccc(Nc2ccccn2)nc1. The molecule has 6 rings (SSSR count). The molecule has 6 aromatic rings. The van der Waals surface area contributed by atoms with E-state index in [1.807, 2.05) is 72.8 Å². The number of rotatable bonds is 4. The number of hydrogen-bond donors (Lipinski definition) is 2. The van der Waals surface area contributed by atoms with Gasteiger partial charge in [-0.05, 0) is 48.5 Å². The predicted molar refractivity (Wildman–Crippen MR) is 158 cm³/mol. The van der Waals surface area contributed by atoms with Crippen LogP contribution in [0.15, 0.2) is 146 Å². The molecule has 0 atom stereocenters. The van der Waals surface area contributed by atoms with Crippen molar-refractivity contribution in [2.45, 2.75) is 0 Å². The Hall–Kier alpha value is -4.88. The summed E-state index contributed by atoms with van der Waals surface area (Å²) in [6.07, 6.45) is 6.97. The van der Waals surface area contributed by atoms with Crippen molar-refractivity contribution >= 4 is 23.3 Å². The smallest absolute Gasteiger partial charge is 0.873 e. The molecule has 0 radical (unpaired) electrons. The molecule has 0 aliphatic carbocycles. The van der Waals surface area contributed by atoms with Gasteiger partial charge in [0.1, 0.15) is 23.3 Å². The van der Waals surface area contributed by atoms with Crippen LogP contribution in [0.4, 0.5) is 23.3 Å². The first-order valence-electron chi connectivity index (χ1n) is 12.6. The number of nitrogens with zero attached hydrogens (tertiary/aromatic N) is 4. The van der Waals surface area contributed by atoms with Crippen LogP contribution in [-0.2, 0) is 40.8 Å². The van der Waals surface area contributed by atoms with Crippen LogP contribution in [-0.4, -0.2) is 25.4 Å². The molecule has 45 heavy (non-hydrogen) atoms. The van der Waals surface area contributed by atoms with E-state index in [0.717, 1.165) is 23.3 Å². The molecule has 0 amide bonds. The molecule has 236 valence electrons. The molecule has 0 fully saturated rings. The van der Waals surface area contributed by atoms with Gasteiger partial charge in [0.15, 0.2) is 0 Å². The third kappa shape index (κ3) is 16.5. The van der Waals surface area contributed by atoms with E-state index in [1.54, 1.807) is 49.1 Å². The number of pyridine rings is 4. The summed E-state index contributed by atoms with van der Waals surface area (Å²) in [4.78, 5) is 16.5. The summed E-state index contributed by atoms with van der Waals surface area (Å²) < 4.78 is 0. The maximum absolute atomic E-state index is 10.3. The minimum Gasteiger partial charge on any atom is -0.873 e. The van der Waals surface area contributed by atoms with Crippen LogP contribution >= 0.6 is 0 Å². The zero-order valence-electron chi connectivity index (χ0n) is 23.4. The molecule has 2 aromatic carbocycles. The average Bonchev–Trinajstić information content (AvgIpc) is 3.03. The molecule has 4 heterocycles. The molecule has 0 aliphatic rings. The monoisotopic (exact) mass is 788 g/mol. The van der Waals surface area contributed by atoms with Gasteiger partial charge in [-0.2, -0.15) is 0 Å². The fourth-order valence-electron chi connectivity index (χ4n) is 2.91. The standard InChI is InChI=1S/2C10H9N3.2C6H6O2.H2O.2Pd/c2*1-3-7-11-9(5-1)13-10-6-2-4-8-12-10;2*7-5-3-1-2-4-6(5)8;;;/h2*1-8H,(H,11,12,13);2*1-4,7-8H;1H2;;/q;;;;;2*+2/p-4. The second-order valence-electron chi connectivity index (χ2n) is 8.00. The van der Waals surface area contributed by atoms with E-state index < -0.39 is 23.0 Å². The van der Waals surface area contributed by atoms with Crippen molar-refractivity contribution in [2.24, 2.45) is 0 Å². The van der Waals surface area contributed by atoms with Gasteiger partial charge >= 0.3 is 40.8 Å². The average molecular weight is 789 g/mol. The third-order valence-electron chi connectivity index (χ3n) is 4.87. The van der Waals surface area contributed by atoms with Gasteiger partial charge in [-0.15, -0.1) is 23.0 Å². The maximum atomic E-state index is 10.3. The second kappa shape index (κ2) is 23.6. The van der Waals surface area contributed by atoms with Crippen LogP contribution in [0.2, 0.25) is 0 Å². The minimum atomic E-state index is -0.437. The van der Waals surface area contributed by atoms with Crippen LogP contribution in [0.5, 0.6) is 23.0 Å². The van der Waals surface area contributed by atoms with Crippen molar-refractivity contribution in [1.82, 2.24) is 19.9 Å². The molecule has 0 aliphatic heterocycles. The number of aromatic nitrogens is 4. The van der Waals surface area contributed by atoms with Gasteiger partial charge in [0.2, 0.25) is 0 Å². The largest absolute Gasteiger partial charge is 2.00 e. The molecule has 0 saturated heterocycles. The summed E-state index contributed by atoms with van der Waals surface area (Å²) in [6.45, 7) is 0. The van der Waals surface area contributed by atoms with Crippen molar-refractivity contribution in [1.29, 1.82) is 0 Å². The summed E-state index contributed by atoms with van der Waals surface area (Å²) in [7, 11) is 0. The van der Waals surface area contributed by atoms with Gasteiger partial charge in [0.05, 0.1) is 0 Å². The van der Waals surface area contributed by atoms with Crippen LogP contribution < -0.4 is 31.1 Å². The molecule has 4 aromatic heterocycles. The van der Waals surface area contributed by atoms with Crippen LogP contribution in [0.25, 0.3) is 0 Å². The van der Waals surface area contributed by atoms with Crippen LogP contribution in [0.1, 0.15) is 0 Å². The van der Waals surface area contributed by atoms with Gasteiger partial charge in [-0.1, -0.05) is 72.8 Å². The van der Waals surface area contributed by atoms with E-state index in [1.165, 1.54) is 24.3 Å². The van der Waals surface area contributed by atoms with E-state index in [4.69, 9.17) is 0 Å². The Morgan fingerprint density at radius 2 is 0.533 bits per heavy atom. The van der Waals surface area contributed by atoms with E-state index in [-0.39, 0.29) is 46.3 Å². The maximum Gasteiger partial charge on any atom is 2.00 e. The van der Waals surface area contributed by atoms with E-state index in [9.17, 15) is 20.4 Å². The van der Waals surface area contributed by atoms with Crippen molar-refractivity contribution in [3.63, 3.8) is 0 Å². The Kier molecular flexibility index (Phi) is 21.0. The summed E-state index contributed by atoms with van der Waals surface area (Å²) in [5, 5.41) is 47.4. The molecule has 4 N–H and O–H groups in total. The molecule has 11 nitrogen and oxygen atoms in total. The molecule has 0 saturated carbocycles. The molecule has 13 heteroatoms. The van der Waals surface area contributed by atoms with Gasteiger partial charge in [0.25, 0.3) is 0 Å². The number of anilines is 4. The first-order valence-corrected chi connectivity index (χ1v) is 12.6. The summed E-state index contributed by atoms with van der Waals surface area (Å²) >= 11 is 0. The Bertz CT molecular complexity index is 1340. The fourth-order valence-corrected chi connectivity index (χ4v) is 2.91. The first kappa shape index (κ1) is 40.1. The predicted octanol–water partition coefficient (Wildman–Crippen LogP) is 3.28. The first-order chi connectivity index (χ1) is 20.5. The second-order valence-corrected chi connectivity index (χ2v) is 8.00. The fraction of sp³-hybridized carbons (Fsp3) is 0. The Balaban J connectivity index is 0.000000575. The minimum absolute atomic E-state index is 0. The van der Waals surface area contributed by atoms with Gasteiger partial charge in [-0.25, -0.2) is 19.9 Å². The topological polar surface area (TPSA) is 199 Å². The Morgan fingerprint density at radius 1 is 0.333 bits per heavy atom. The van der Waals surface area contributed by atoms with E-state index in [0.29, 0.717) is 0 Å². The molecule has 0 spiro atoms. The van der Waals surface area contributed by atoms with Gasteiger partial charge in [-0.3, -0.25) is 0 Å². The van der Waals surface area contributed by atoms with Crippen LogP contribution in [0.3, 0.4) is 0 Å².